The quantitative estimate of drug-likeness (QED) is 0.851. The van der Waals surface area contributed by atoms with Crippen molar-refractivity contribution in [2.24, 2.45) is 0 Å². The summed E-state index contributed by atoms with van der Waals surface area (Å²) in [4.78, 5) is 26.3. The molecule has 1 aliphatic heterocycles. The maximum atomic E-state index is 12.5. The van der Waals surface area contributed by atoms with Crippen molar-refractivity contribution in [3.05, 3.63) is 59.7 Å². The van der Waals surface area contributed by atoms with Crippen molar-refractivity contribution >= 4 is 17.5 Å². The number of methoxy groups -OCH3 is 1. The average Bonchev–Trinajstić information content (AvgIpc) is 2.56. The van der Waals surface area contributed by atoms with E-state index in [1.807, 2.05) is 55.5 Å². The van der Waals surface area contributed by atoms with Crippen LogP contribution in [-0.4, -0.2) is 30.4 Å². The summed E-state index contributed by atoms with van der Waals surface area (Å²) >= 11 is 0. The zero-order valence-electron chi connectivity index (χ0n) is 14.5. The van der Waals surface area contributed by atoms with Crippen LogP contribution in [0.5, 0.6) is 5.75 Å². The second kappa shape index (κ2) is 7.38. The molecule has 1 saturated heterocycles. The first-order valence-corrected chi connectivity index (χ1v) is 8.37. The SMILES string of the molecule is COc1cccc([C@@H]2CCN2C(=O)CC(=O)Nc2ccc(C)cc2)c1. The summed E-state index contributed by atoms with van der Waals surface area (Å²) in [5.41, 5.74) is 2.87. The Hall–Kier alpha value is -2.82. The van der Waals surface area contributed by atoms with E-state index in [9.17, 15) is 9.59 Å². The van der Waals surface area contributed by atoms with Gasteiger partial charge in [0.15, 0.2) is 0 Å². The highest BCUT2D eigenvalue weighted by molar-refractivity contribution is 6.03. The highest BCUT2D eigenvalue weighted by atomic mass is 16.5. The second-order valence-electron chi connectivity index (χ2n) is 6.26. The number of carbonyl (C=O) groups is 2. The van der Waals surface area contributed by atoms with Crippen molar-refractivity contribution in [1.29, 1.82) is 0 Å². The van der Waals surface area contributed by atoms with Crippen LogP contribution in [0.3, 0.4) is 0 Å². The minimum atomic E-state index is -0.287. The van der Waals surface area contributed by atoms with Gasteiger partial charge in [0.1, 0.15) is 12.2 Å². The van der Waals surface area contributed by atoms with Crippen molar-refractivity contribution in [3.63, 3.8) is 0 Å². The van der Waals surface area contributed by atoms with Crippen molar-refractivity contribution in [3.8, 4) is 5.75 Å². The molecule has 0 aliphatic carbocycles. The van der Waals surface area contributed by atoms with Crippen LogP contribution in [0.25, 0.3) is 0 Å². The van der Waals surface area contributed by atoms with Crippen molar-refractivity contribution in [2.45, 2.75) is 25.8 Å². The number of benzene rings is 2. The summed E-state index contributed by atoms with van der Waals surface area (Å²) in [7, 11) is 1.62. The van der Waals surface area contributed by atoms with E-state index >= 15 is 0 Å². The molecule has 2 aromatic carbocycles. The number of carbonyl (C=O) groups excluding carboxylic acids is 2. The van der Waals surface area contributed by atoms with Gasteiger partial charge in [0.25, 0.3) is 0 Å². The van der Waals surface area contributed by atoms with Crippen molar-refractivity contribution < 1.29 is 14.3 Å². The number of amides is 2. The Kier molecular flexibility index (Phi) is 5.03. The lowest BCUT2D eigenvalue weighted by Gasteiger charge is -2.41. The topological polar surface area (TPSA) is 58.6 Å². The Balaban J connectivity index is 1.59. The summed E-state index contributed by atoms with van der Waals surface area (Å²) in [6, 6.07) is 15.3. The van der Waals surface area contributed by atoms with E-state index in [1.54, 1.807) is 12.0 Å². The zero-order chi connectivity index (χ0) is 17.8. The molecule has 0 unspecified atom stereocenters. The molecule has 130 valence electrons. The number of aryl methyl sites for hydroxylation is 1. The minimum Gasteiger partial charge on any atom is -0.497 e. The predicted octanol–water partition coefficient (Wildman–Crippen LogP) is 3.31. The molecule has 0 aromatic heterocycles. The Morgan fingerprint density at radius 1 is 1.20 bits per heavy atom. The molecule has 2 amide bonds. The lowest BCUT2D eigenvalue weighted by atomic mass is 9.94. The van der Waals surface area contributed by atoms with Crippen LogP contribution in [0.15, 0.2) is 48.5 Å². The van der Waals surface area contributed by atoms with Crippen LogP contribution < -0.4 is 10.1 Å². The van der Waals surface area contributed by atoms with Crippen LogP contribution in [0.1, 0.15) is 30.0 Å². The number of nitrogens with one attached hydrogen (secondary N) is 1. The third-order valence-corrected chi connectivity index (χ3v) is 4.47. The fourth-order valence-electron chi connectivity index (χ4n) is 2.96. The smallest absolute Gasteiger partial charge is 0.233 e. The van der Waals surface area contributed by atoms with Crippen molar-refractivity contribution in [2.75, 3.05) is 19.0 Å². The molecular formula is C20H22N2O3. The molecule has 0 radical (unpaired) electrons. The molecule has 0 spiro atoms. The molecule has 3 rings (SSSR count). The van der Waals surface area contributed by atoms with E-state index in [1.165, 1.54) is 0 Å². The molecule has 0 saturated carbocycles. The average molecular weight is 338 g/mol. The van der Waals surface area contributed by atoms with Gasteiger partial charge >= 0.3 is 0 Å². The predicted molar refractivity (Wildman–Crippen MR) is 96.5 cm³/mol. The van der Waals surface area contributed by atoms with E-state index in [4.69, 9.17) is 4.74 Å². The summed E-state index contributed by atoms with van der Waals surface area (Å²) in [6.07, 6.45) is 0.757. The molecule has 1 fully saturated rings. The molecule has 1 atom stereocenters. The van der Waals surface area contributed by atoms with Gasteiger partial charge in [-0.05, 0) is 43.2 Å². The number of anilines is 1. The van der Waals surface area contributed by atoms with Crippen molar-refractivity contribution in [1.82, 2.24) is 4.90 Å². The Bertz CT molecular complexity index is 771. The normalized spacial score (nSPS) is 16.1. The number of rotatable bonds is 5. The van der Waals surface area contributed by atoms with Gasteiger partial charge in [-0.1, -0.05) is 29.8 Å². The number of hydrogen-bond donors (Lipinski definition) is 1. The molecule has 25 heavy (non-hydrogen) atoms. The van der Waals surface area contributed by atoms with E-state index < -0.39 is 0 Å². The largest absolute Gasteiger partial charge is 0.497 e. The van der Waals surface area contributed by atoms with Crippen LogP contribution in [-0.2, 0) is 9.59 Å². The van der Waals surface area contributed by atoms with Gasteiger partial charge in [0.2, 0.25) is 11.8 Å². The third kappa shape index (κ3) is 3.99. The van der Waals surface area contributed by atoms with Crippen LogP contribution in [0.4, 0.5) is 5.69 Å². The fraction of sp³-hybridized carbons (Fsp3) is 0.300. The summed E-state index contributed by atoms with van der Waals surface area (Å²) < 4.78 is 5.24. The highest BCUT2D eigenvalue weighted by Gasteiger charge is 2.34. The van der Waals surface area contributed by atoms with E-state index in [0.717, 1.165) is 23.3 Å². The fourth-order valence-corrected chi connectivity index (χ4v) is 2.96. The van der Waals surface area contributed by atoms with E-state index in [-0.39, 0.29) is 24.3 Å². The zero-order valence-corrected chi connectivity index (χ0v) is 14.5. The lowest BCUT2D eigenvalue weighted by molar-refractivity contribution is -0.141. The van der Waals surface area contributed by atoms with E-state index in [2.05, 4.69) is 5.32 Å². The molecule has 5 heteroatoms. The van der Waals surface area contributed by atoms with Gasteiger partial charge < -0.3 is 15.0 Å². The molecule has 0 bridgehead atoms. The third-order valence-electron chi connectivity index (χ3n) is 4.47. The van der Waals surface area contributed by atoms with Gasteiger partial charge in [-0.25, -0.2) is 0 Å². The monoisotopic (exact) mass is 338 g/mol. The lowest BCUT2D eigenvalue weighted by Crippen LogP contribution is -2.46. The molecular weight excluding hydrogens is 316 g/mol. The second-order valence-corrected chi connectivity index (χ2v) is 6.26. The Morgan fingerprint density at radius 3 is 2.60 bits per heavy atom. The first-order chi connectivity index (χ1) is 12.1. The number of likely N-dealkylation sites (tertiary alicyclic amines) is 1. The number of hydrogen-bond acceptors (Lipinski definition) is 3. The summed E-state index contributed by atoms with van der Waals surface area (Å²) in [5, 5.41) is 2.77. The van der Waals surface area contributed by atoms with Gasteiger partial charge in [-0.3, -0.25) is 9.59 Å². The van der Waals surface area contributed by atoms with Crippen LogP contribution in [0.2, 0.25) is 0 Å². The van der Waals surface area contributed by atoms with E-state index in [0.29, 0.717) is 12.2 Å². The molecule has 1 N–H and O–H groups in total. The molecule has 1 heterocycles. The van der Waals surface area contributed by atoms with Gasteiger partial charge in [-0.15, -0.1) is 0 Å². The first-order valence-electron chi connectivity index (χ1n) is 8.37. The molecule has 5 nitrogen and oxygen atoms in total. The van der Waals surface area contributed by atoms with Gasteiger partial charge in [0.05, 0.1) is 13.2 Å². The summed E-state index contributed by atoms with van der Waals surface area (Å²) in [5.74, 6) is 0.336. The minimum absolute atomic E-state index is 0.0229. The number of ether oxygens (including phenoxy) is 1. The Labute approximate surface area is 147 Å². The van der Waals surface area contributed by atoms with Gasteiger partial charge in [0, 0.05) is 12.2 Å². The van der Waals surface area contributed by atoms with Crippen LogP contribution >= 0.6 is 0 Å². The standard InChI is InChI=1S/C20H22N2O3/c1-14-6-8-16(9-7-14)21-19(23)13-20(24)22-11-10-18(22)15-4-3-5-17(12-15)25-2/h3-9,12,18H,10-11,13H2,1-2H3,(H,21,23)/t18-/m0/s1. The Morgan fingerprint density at radius 2 is 1.96 bits per heavy atom. The van der Waals surface area contributed by atoms with Crippen LogP contribution in [0, 0.1) is 6.92 Å². The molecule has 1 aliphatic rings. The van der Waals surface area contributed by atoms with Gasteiger partial charge in [-0.2, -0.15) is 0 Å². The maximum Gasteiger partial charge on any atom is 0.233 e. The molecule has 2 aromatic rings. The summed E-state index contributed by atoms with van der Waals surface area (Å²) in [6.45, 7) is 2.66. The maximum absolute atomic E-state index is 12.5. The number of nitrogens with zero attached hydrogens (tertiary/aromatic N) is 1. The highest BCUT2D eigenvalue weighted by Crippen LogP contribution is 2.35. The first kappa shape index (κ1) is 17.0.